The number of aromatic nitrogens is 2. The van der Waals surface area contributed by atoms with Crippen molar-refractivity contribution in [2.45, 2.75) is 17.9 Å². The fourth-order valence-electron chi connectivity index (χ4n) is 1.78. The maximum absolute atomic E-state index is 11.9. The minimum absolute atomic E-state index is 0.112. The summed E-state index contributed by atoms with van der Waals surface area (Å²) in [6.45, 7) is 1.38. The smallest absolute Gasteiger partial charge is 0.251 e. The Bertz CT molecular complexity index is 579. The minimum Gasteiger partial charge on any atom is -0.352 e. The van der Waals surface area contributed by atoms with Crippen LogP contribution in [0.1, 0.15) is 16.8 Å². The van der Waals surface area contributed by atoms with Crippen LogP contribution in [0.4, 0.5) is 0 Å². The van der Waals surface area contributed by atoms with Gasteiger partial charge in [0.2, 0.25) is 0 Å². The van der Waals surface area contributed by atoms with Crippen molar-refractivity contribution >= 4 is 16.7 Å². The van der Waals surface area contributed by atoms with Crippen LogP contribution in [0.2, 0.25) is 0 Å². The van der Waals surface area contributed by atoms with Gasteiger partial charge in [0, 0.05) is 53.0 Å². The lowest BCUT2D eigenvalue weighted by atomic mass is 10.2. The van der Waals surface area contributed by atoms with Gasteiger partial charge in [0.15, 0.2) is 0 Å². The van der Waals surface area contributed by atoms with Crippen molar-refractivity contribution < 1.29 is 9.00 Å². The van der Waals surface area contributed by atoms with E-state index >= 15 is 0 Å². The van der Waals surface area contributed by atoms with Gasteiger partial charge in [0.25, 0.3) is 5.91 Å². The van der Waals surface area contributed by atoms with Crippen molar-refractivity contribution in [1.29, 1.82) is 0 Å². The number of nitrogens with one attached hydrogen (secondary N) is 1. The summed E-state index contributed by atoms with van der Waals surface area (Å²) in [5, 5.41) is 6.95. The Morgan fingerprint density at radius 3 is 2.70 bits per heavy atom. The van der Waals surface area contributed by atoms with E-state index < -0.39 is 10.8 Å². The Morgan fingerprint density at radius 1 is 1.35 bits per heavy atom. The molecule has 1 aromatic carbocycles. The Balaban J connectivity index is 1.78. The monoisotopic (exact) mass is 291 g/mol. The first kappa shape index (κ1) is 14.5. The number of hydrogen-bond donors (Lipinski definition) is 1. The predicted octanol–water partition coefficient (Wildman–Crippen LogP) is 1.44. The summed E-state index contributed by atoms with van der Waals surface area (Å²) in [6.07, 6.45) is 6.07. The number of carbonyl (C=O) groups excluding carboxylic acids is 1. The van der Waals surface area contributed by atoms with E-state index in [0.29, 0.717) is 12.1 Å². The first-order valence-corrected chi connectivity index (χ1v) is 7.92. The van der Waals surface area contributed by atoms with Crippen molar-refractivity contribution in [3.05, 3.63) is 48.3 Å². The summed E-state index contributed by atoms with van der Waals surface area (Å²) in [5.74, 6) is -0.112. The van der Waals surface area contributed by atoms with Gasteiger partial charge in [-0.3, -0.25) is 13.7 Å². The molecular formula is C14H17N3O2S. The third kappa shape index (κ3) is 4.03. The van der Waals surface area contributed by atoms with Crippen LogP contribution in [-0.2, 0) is 17.3 Å². The molecule has 2 aromatic rings. The van der Waals surface area contributed by atoms with Crippen LogP contribution >= 0.6 is 0 Å². The summed E-state index contributed by atoms with van der Waals surface area (Å²) >= 11 is 0. The Hall–Kier alpha value is -1.95. The normalized spacial score (nSPS) is 12.1. The highest BCUT2D eigenvalue weighted by atomic mass is 32.2. The number of rotatable bonds is 6. The van der Waals surface area contributed by atoms with Gasteiger partial charge in [-0.15, -0.1) is 0 Å². The average molecular weight is 291 g/mol. The molecule has 0 saturated carbocycles. The molecule has 0 spiro atoms. The number of nitrogens with zero attached hydrogens (tertiary/aromatic N) is 2. The summed E-state index contributed by atoms with van der Waals surface area (Å²) in [6, 6.07) is 8.69. The van der Waals surface area contributed by atoms with E-state index in [1.54, 1.807) is 36.7 Å². The minimum atomic E-state index is -1.02. The zero-order chi connectivity index (χ0) is 14.4. The highest BCUT2D eigenvalue weighted by molar-refractivity contribution is 7.84. The number of aryl methyl sites for hydroxylation is 1. The Kier molecular flexibility index (Phi) is 5.06. The molecule has 0 bridgehead atoms. The summed E-state index contributed by atoms with van der Waals surface area (Å²) in [4.78, 5) is 12.6. The van der Waals surface area contributed by atoms with Crippen LogP contribution in [0.15, 0.2) is 47.6 Å². The highest BCUT2D eigenvalue weighted by Crippen LogP contribution is 2.07. The van der Waals surface area contributed by atoms with Crippen molar-refractivity contribution in [1.82, 2.24) is 15.1 Å². The maximum atomic E-state index is 11.9. The van der Waals surface area contributed by atoms with E-state index in [1.165, 1.54) is 0 Å². The molecule has 1 atom stereocenters. The summed E-state index contributed by atoms with van der Waals surface area (Å²) in [7, 11) is -1.02. The summed E-state index contributed by atoms with van der Waals surface area (Å²) in [5.41, 5.74) is 0.582. The van der Waals surface area contributed by atoms with Crippen molar-refractivity contribution in [3.63, 3.8) is 0 Å². The topological polar surface area (TPSA) is 64.0 Å². The van der Waals surface area contributed by atoms with Gasteiger partial charge >= 0.3 is 0 Å². The molecule has 1 N–H and O–H groups in total. The molecule has 0 aliphatic rings. The number of hydrogen-bond acceptors (Lipinski definition) is 3. The van der Waals surface area contributed by atoms with Crippen LogP contribution in [0, 0.1) is 0 Å². The van der Waals surface area contributed by atoms with E-state index in [4.69, 9.17) is 0 Å². The van der Waals surface area contributed by atoms with Crippen LogP contribution < -0.4 is 5.32 Å². The van der Waals surface area contributed by atoms with Crippen molar-refractivity contribution in [2.75, 3.05) is 12.8 Å². The second-order valence-electron chi connectivity index (χ2n) is 4.36. The third-order valence-corrected chi connectivity index (χ3v) is 3.79. The van der Waals surface area contributed by atoms with Gasteiger partial charge in [0.1, 0.15) is 0 Å². The standard InChI is InChI=1S/C14H17N3O2S/c1-20(19)13-6-4-12(5-7-13)14(18)15-8-2-10-17-11-3-9-16-17/h3-7,9,11H,2,8,10H2,1H3,(H,15,18)/t20-/m1/s1. The largest absolute Gasteiger partial charge is 0.352 e. The molecule has 0 aliphatic heterocycles. The summed E-state index contributed by atoms with van der Waals surface area (Å²) < 4.78 is 13.1. The lowest BCUT2D eigenvalue weighted by Gasteiger charge is -2.06. The zero-order valence-corrected chi connectivity index (χ0v) is 12.1. The van der Waals surface area contributed by atoms with E-state index in [9.17, 15) is 9.00 Å². The second-order valence-corrected chi connectivity index (χ2v) is 5.74. The molecule has 0 fully saturated rings. The lowest BCUT2D eigenvalue weighted by molar-refractivity contribution is 0.0952. The molecule has 1 heterocycles. The molecule has 0 saturated heterocycles. The van der Waals surface area contributed by atoms with E-state index in [1.807, 2.05) is 16.9 Å². The van der Waals surface area contributed by atoms with E-state index in [0.717, 1.165) is 17.9 Å². The predicted molar refractivity (Wildman–Crippen MR) is 78.0 cm³/mol. The molecule has 6 heteroatoms. The third-order valence-electron chi connectivity index (χ3n) is 2.86. The molecule has 0 aliphatic carbocycles. The van der Waals surface area contributed by atoms with Gasteiger partial charge in [0.05, 0.1) is 0 Å². The van der Waals surface area contributed by atoms with Gasteiger partial charge < -0.3 is 5.32 Å². The first-order chi connectivity index (χ1) is 9.66. The van der Waals surface area contributed by atoms with Crippen LogP contribution in [0.25, 0.3) is 0 Å². The van der Waals surface area contributed by atoms with E-state index in [-0.39, 0.29) is 5.91 Å². The zero-order valence-electron chi connectivity index (χ0n) is 11.3. The molecule has 5 nitrogen and oxygen atoms in total. The molecule has 1 amide bonds. The van der Waals surface area contributed by atoms with Crippen LogP contribution in [0.5, 0.6) is 0 Å². The van der Waals surface area contributed by atoms with Crippen LogP contribution in [-0.4, -0.2) is 32.7 Å². The van der Waals surface area contributed by atoms with Gasteiger partial charge in [-0.2, -0.15) is 5.10 Å². The SMILES string of the molecule is C[S@@](=O)c1ccc(C(=O)NCCCn2cccn2)cc1. The fraction of sp³-hybridized carbons (Fsp3) is 0.286. The average Bonchev–Trinajstić information content (AvgIpc) is 2.96. The fourth-order valence-corrected chi connectivity index (χ4v) is 2.30. The molecule has 0 unspecified atom stereocenters. The number of benzene rings is 1. The molecule has 2 rings (SSSR count). The van der Waals surface area contributed by atoms with Crippen LogP contribution in [0.3, 0.4) is 0 Å². The Labute approximate surface area is 120 Å². The quantitative estimate of drug-likeness (QED) is 0.819. The first-order valence-electron chi connectivity index (χ1n) is 6.36. The number of amides is 1. The number of carbonyl (C=O) groups is 1. The molecule has 1 aromatic heterocycles. The second kappa shape index (κ2) is 7.00. The molecule has 106 valence electrons. The van der Waals surface area contributed by atoms with Gasteiger partial charge in [-0.1, -0.05) is 0 Å². The van der Waals surface area contributed by atoms with Crippen molar-refractivity contribution in [2.24, 2.45) is 0 Å². The van der Waals surface area contributed by atoms with Crippen molar-refractivity contribution in [3.8, 4) is 0 Å². The molecule has 0 radical (unpaired) electrons. The Morgan fingerprint density at radius 2 is 2.10 bits per heavy atom. The van der Waals surface area contributed by atoms with E-state index in [2.05, 4.69) is 10.4 Å². The van der Waals surface area contributed by atoms with Gasteiger partial charge in [-0.25, -0.2) is 0 Å². The molecule has 20 heavy (non-hydrogen) atoms. The maximum Gasteiger partial charge on any atom is 0.251 e. The molecular weight excluding hydrogens is 274 g/mol. The lowest BCUT2D eigenvalue weighted by Crippen LogP contribution is -2.25. The highest BCUT2D eigenvalue weighted by Gasteiger charge is 2.05. The van der Waals surface area contributed by atoms with Gasteiger partial charge in [-0.05, 0) is 36.8 Å².